The van der Waals surface area contributed by atoms with Crippen LogP contribution >= 0.6 is 0 Å². The van der Waals surface area contributed by atoms with Crippen LogP contribution in [0.2, 0.25) is 0 Å². The van der Waals surface area contributed by atoms with Crippen LogP contribution in [0, 0.1) is 6.92 Å². The summed E-state index contributed by atoms with van der Waals surface area (Å²) in [6, 6.07) is 6.91. The van der Waals surface area contributed by atoms with Gasteiger partial charge in [-0.1, -0.05) is 24.3 Å². The van der Waals surface area contributed by atoms with Gasteiger partial charge < -0.3 is 22.9 Å². The van der Waals surface area contributed by atoms with Gasteiger partial charge in [-0.05, 0) is 18.6 Å². The predicted molar refractivity (Wildman–Crippen MR) is 72.9 cm³/mol. The van der Waals surface area contributed by atoms with E-state index in [-0.39, 0.29) is 62.9 Å². The topological polar surface area (TPSA) is 164 Å². The third-order valence-corrected chi connectivity index (χ3v) is 3.27. The van der Waals surface area contributed by atoms with Gasteiger partial charge >= 0.3 is 29.6 Å². The molecule has 0 aliphatic carbocycles. The first-order chi connectivity index (χ1) is 9.57. The molecule has 0 aliphatic heterocycles. The molecule has 2 rings (SSSR count). The van der Waals surface area contributed by atoms with E-state index in [1.165, 1.54) is 31.2 Å². The summed E-state index contributed by atoms with van der Waals surface area (Å²) in [6.45, 7) is 1.37. The second-order valence-corrected chi connectivity index (χ2v) is 6.02. The van der Waals surface area contributed by atoms with Gasteiger partial charge in [0.2, 0.25) is 0 Å². The molecule has 9 nitrogen and oxygen atoms in total. The van der Waals surface area contributed by atoms with Crippen molar-refractivity contribution in [2.45, 2.75) is 6.92 Å². The molecule has 12 heteroatoms. The van der Waals surface area contributed by atoms with Gasteiger partial charge in [0.05, 0.1) is 0 Å². The molecule has 0 amide bonds. The number of benzene rings is 2. The summed E-state index contributed by atoms with van der Waals surface area (Å²) in [5.74, 6) is -0.537. The molecule has 0 bridgehead atoms. The average molecular weight is 373 g/mol. The molecule has 2 aromatic carbocycles. The predicted octanol–water partition coefficient (Wildman–Crippen LogP) is -2.99. The molecule has 2 aromatic rings. The molecular formula is C11H10NaO9S2-. The van der Waals surface area contributed by atoms with Crippen LogP contribution in [0.1, 0.15) is 5.56 Å². The van der Waals surface area contributed by atoms with E-state index in [0.717, 1.165) is 6.07 Å². The van der Waals surface area contributed by atoms with Gasteiger partial charge in [-0.2, -0.15) is 0 Å². The van der Waals surface area contributed by atoms with Crippen molar-refractivity contribution >= 4 is 31.6 Å². The zero-order chi connectivity index (χ0) is 15.8. The standard InChI is InChI=1S/C11H10O8S2.Na.H2O/c1-7-6-10(18-20(12,13)14)8-4-2-3-5-9(8)11(7)19-21(15,16)17;;/h2-6H,1H3,(H,12,13,14)(H,15,16,17);;1H2/q;+1;/p-2. The minimum absolute atomic E-state index is 0. The Hall–Kier alpha value is -0.920. The van der Waals surface area contributed by atoms with Crippen molar-refractivity contribution in [3.05, 3.63) is 35.9 Å². The smallest absolute Gasteiger partial charge is 0.716 e. The fraction of sp³-hybridized carbons (Fsp3) is 0.0909. The maximum absolute atomic E-state index is 10.8. The summed E-state index contributed by atoms with van der Waals surface area (Å²) in [6.07, 6.45) is 0. The molecule has 0 unspecified atom stereocenters. The fourth-order valence-electron chi connectivity index (χ4n) is 1.84. The molecule has 0 spiro atoms. The van der Waals surface area contributed by atoms with E-state index in [4.69, 9.17) is 0 Å². The van der Waals surface area contributed by atoms with Crippen molar-refractivity contribution < 1.29 is 69.3 Å². The third-order valence-electron chi connectivity index (χ3n) is 2.52. The van der Waals surface area contributed by atoms with E-state index in [0.29, 0.717) is 0 Å². The molecule has 23 heavy (non-hydrogen) atoms. The molecular weight excluding hydrogens is 363 g/mol. The molecule has 0 atom stereocenters. The second kappa shape index (κ2) is 7.77. The summed E-state index contributed by atoms with van der Waals surface area (Å²) < 4.78 is 73.1. The summed E-state index contributed by atoms with van der Waals surface area (Å²) in [4.78, 5) is 0. The number of aryl methyl sites for hydroxylation is 1. The Morgan fingerprint density at radius 3 is 1.87 bits per heavy atom. The van der Waals surface area contributed by atoms with Crippen LogP contribution in [-0.2, 0) is 20.8 Å². The van der Waals surface area contributed by atoms with Crippen LogP contribution in [-0.4, -0.2) is 31.4 Å². The van der Waals surface area contributed by atoms with E-state index >= 15 is 0 Å². The van der Waals surface area contributed by atoms with E-state index in [2.05, 4.69) is 8.37 Å². The monoisotopic (exact) mass is 373 g/mol. The van der Waals surface area contributed by atoms with Crippen LogP contribution in [0.4, 0.5) is 0 Å². The summed E-state index contributed by atoms with van der Waals surface area (Å²) >= 11 is 0. The Labute approximate surface area is 154 Å². The first-order valence-corrected chi connectivity index (χ1v) is 8.06. The molecule has 122 valence electrons. The molecule has 0 aliphatic rings. The van der Waals surface area contributed by atoms with Crippen LogP contribution in [0.25, 0.3) is 10.8 Å². The van der Waals surface area contributed by atoms with Crippen molar-refractivity contribution in [1.29, 1.82) is 0 Å². The van der Waals surface area contributed by atoms with Crippen LogP contribution < -0.4 is 37.9 Å². The van der Waals surface area contributed by atoms with Gasteiger partial charge in [-0.15, -0.1) is 0 Å². The van der Waals surface area contributed by atoms with E-state index in [9.17, 15) is 25.9 Å². The SMILES string of the molecule is Cc1cc(OS(=O)(=O)[O-])c2ccccc2c1OS(=O)(=O)[O-].O.[Na+]. The molecule has 0 radical (unpaired) electrons. The zero-order valence-electron chi connectivity index (χ0n) is 12.0. The van der Waals surface area contributed by atoms with E-state index in [1.54, 1.807) is 0 Å². The van der Waals surface area contributed by atoms with Crippen molar-refractivity contribution in [2.24, 2.45) is 0 Å². The first-order valence-electron chi connectivity index (χ1n) is 5.40. The van der Waals surface area contributed by atoms with Gasteiger partial charge in [0.25, 0.3) is 20.8 Å². The molecule has 2 N–H and O–H groups in total. The number of fused-ring (bicyclic) bond motifs is 1. The Kier molecular flexibility index (Phi) is 7.46. The average Bonchev–Trinajstić information content (AvgIpc) is 2.31. The quantitative estimate of drug-likeness (QED) is 0.311. The molecule has 0 heterocycles. The van der Waals surface area contributed by atoms with E-state index < -0.39 is 20.8 Å². The molecule has 0 aromatic heterocycles. The first kappa shape index (κ1) is 22.1. The normalized spacial score (nSPS) is 11.3. The number of hydrogen-bond donors (Lipinski definition) is 0. The van der Waals surface area contributed by atoms with Crippen molar-refractivity contribution in [2.75, 3.05) is 0 Å². The third kappa shape index (κ3) is 5.90. The van der Waals surface area contributed by atoms with Gasteiger partial charge in [0.15, 0.2) is 5.75 Å². The maximum Gasteiger partial charge on any atom is 1.00 e. The van der Waals surface area contributed by atoms with Crippen molar-refractivity contribution in [3.63, 3.8) is 0 Å². The minimum Gasteiger partial charge on any atom is -0.716 e. The Bertz CT molecular complexity index is 906. The van der Waals surface area contributed by atoms with Gasteiger partial charge in [0.1, 0.15) is 5.75 Å². The van der Waals surface area contributed by atoms with Crippen LogP contribution in [0.15, 0.2) is 30.3 Å². The maximum atomic E-state index is 10.8. The molecule has 0 saturated carbocycles. The molecule has 0 saturated heterocycles. The van der Waals surface area contributed by atoms with Crippen LogP contribution in [0.3, 0.4) is 0 Å². The van der Waals surface area contributed by atoms with E-state index in [1.807, 2.05) is 0 Å². The fourth-order valence-corrected chi connectivity index (χ4v) is 2.62. The van der Waals surface area contributed by atoms with Crippen molar-refractivity contribution in [1.82, 2.24) is 0 Å². The number of rotatable bonds is 4. The number of hydrogen-bond acceptors (Lipinski definition) is 8. The largest absolute Gasteiger partial charge is 1.00 e. The summed E-state index contributed by atoms with van der Waals surface area (Å²) in [5.41, 5.74) is 0.117. The zero-order valence-corrected chi connectivity index (χ0v) is 15.6. The minimum atomic E-state index is -5.01. The Morgan fingerprint density at radius 1 is 0.913 bits per heavy atom. The van der Waals surface area contributed by atoms with Gasteiger partial charge in [0, 0.05) is 10.8 Å². The van der Waals surface area contributed by atoms with Crippen LogP contribution in [0.5, 0.6) is 11.5 Å². The van der Waals surface area contributed by atoms with Gasteiger partial charge in [-0.25, -0.2) is 16.8 Å². The Balaban J connectivity index is 0.00000242. The van der Waals surface area contributed by atoms with Crippen molar-refractivity contribution in [3.8, 4) is 11.5 Å². The second-order valence-electron chi connectivity index (χ2n) is 4.05. The summed E-state index contributed by atoms with van der Waals surface area (Å²) in [7, 11) is -10.0. The molecule has 0 fully saturated rings. The summed E-state index contributed by atoms with van der Waals surface area (Å²) in [5, 5.41) is 0.233. The van der Waals surface area contributed by atoms with Gasteiger partial charge in [-0.3, -0.25) is 0 Å². The Morgan fingerprint density at radius 2 is 1.39 bits per heavy atom.